The molecular formula is C12H21N3O2. The minimum absolute atomic E-state index is 0.239. The maximum atomic E-state index is 11.9. The van der Waals surface area contributed by atoms with Crippen LogP contribution in [0.2, 0.25) is 0 Å². The van der Waals surface area contributed by atoms with Crippen LogP contribution in [-0.2, 0) is 16.1 Å². The Morgan fingerprint density at radius 1 is 1.53 bits per heavy atom. The average Bonchev–Trinajstić information content (AvgIpc) is 2.62. The van der Waals surface area contributed by atoms with Crippen LogP contribution in [-0.4, -0.2) is 26.6 Å². The van der Waals surface area contributed by atoms with Gasteiger partial charge in [0.05, 0.1) is 17.8 Å². The SMILES string of the molecule is CCCn1nncc1C(C)C(=O)OC(C)(C)C. The van der Waals surface area contributed by atoms with E-state index in [9.17, 15) is 4.79 Å². The minimum atomic E-state index is -0.464. The lowest BCUT2D eigenvalue weighted by Gasteiger charge is -2.22. The number of ether oxygens (including phenoxy) is 1. The van der Waals surface area contributed by atoms with Crippen LogP contribution < -0.4 is 0 Å². The molecule has 1 aromatic rings. The van der Waals surface area contributed by atoms with Crippen molar-refractivity contribution in [2.45, 2.75) is 59.1 Å². The molecular weight excluding hydrogens is 218 g/mol. The van der Waals surface area contributed by atoms with Crippen LogP contribution >= 0.6 is 0 Å². The van der Waals surface area contributed by atoms with Crippen LogP contribution in [0.3, 0.4) is 0 Å². The zero-order chi connectivity index (χ0) is 13.1. The van der Waals surface area contributed by atoms with Crippen LogP contribution in [0.15, 0.2) is 6.20 Å². The van der Waals surface area contributed by atoms with Gasteiger partial charge in [-0.15, -0.1) is 5.10 Å². The van der Waals surface area contributed by atoms with Crippen molar-refractivity contribution >= 4 is 5.97 Å². The number of nitrogens with zero attached hydrogens (tertiary/aromatic N) is 3. The van der Waals surface area contributed by atoms with E-state index < -0.39 is 5.60 Å². The summed E-state index contributed by atoms with van der Waals surface area (Å²) in [4.78, 5) is 11.9. The Labute approximate surface area is 102 Å². The van der Waals surface area contributed by atoms with Gasteiger partial charge in [0.1, 0.15) is 5.60 Å². The zero-order valence-electron chi connectivity index (χ0n) is 11.2. The monoisotopic (exact) mass is 239 g/mol. The van der Waals surface area contributed by atoms with E-state index in [2.05, 4.69) is 17.2 Å². The predicted octanol–water partition coefficient (Wildman–Crippen LogP) is 2.13. The number of aryl methyl sites for hydroxylation is 1. The summed E-state index contributed by atoms with van der Waals surface area (Å²) in [5.74, 6) is -0.576. The first-order valence-electron chi connectivity index (χ1n) is 5.96. The van der Waals surface area contributed by atoms with E-state index in [4.69, 9.17) is 4.74 Å². The lowest BCUT2D eigenvalue weighted by molar-refractivity contribution is -0.156. The van der Waals surface area contributed by atoms with E-state index in [1.54, 1.807) is 10.9 Å². The molecule has 0 spiro atoms. The fraction of sp³-hybridized carbons (Fsp3) is 0.750. The summed E-state index contributed by atoms with van der Waals surface area (Å²) in [6.45, 7) is 10.2. The topological polar surface area (TPSA) is 57.0 Å². The molecule has 0 N–H and O–H groups in total. The summed E-state index contributed by atoms with van der Waals surface area (Å²) >= 11 is 0. The molecule has 0 aliphatic rings. The zero-order valence-corrected chi connectivity index (χ0v) is 11.2. The molecule has 5 nitrogen and oxygen atoms in total. The smallest absolute Gasteiger partial charge is 0.315 e. The molecule has 1 heterocycles. The molecule has 0 aliphatic carbocycles. The van der Waals surface area contributed by atoms with Gasteiger partial charge in [-0.05, 0) is 34.1 Å². The van der Waals surface area contributed by atoms with Gasteiger partial charge < -0.3 is 4.74 Å². The van der Waals surface area contributed by atoms with Gasteiger partial charge in [0.25, 0.3) is 0 Å². The fourth-order valence-electron chi connectivity index (χ4n) is 1.50. The standard InChI is InChI=1S/C12H21N3O2/c1-6-7-15-10(8-13-14-15)9(2)11(16)17-12(3,4)5/h8-9H,6-7H2,1-5H3. The highest BCUT2D eigenvalue weighted by Gasteiger charge is 2.25. The second-order valence-corrected chi connectivity index (χ2v) is 5.14. The molecule has 0 saturated carbocycles. The Hall–Kier alpha value is -1.39. The molecule has 0 aliphatic heterocycles. The van der Waals surface area contributed by atoms with Crippen LogP contribution in [0.5, 0.6) is 0 Å². The molecule has 17 heavy (non-hydrogen) atoms. The molecule has 1 unspecified atom stereocenters. The van der Waals surface area contributed by atoms with Crippen LogP contribution in [0, 0.1) is 0 Å². The van der Waals surface area contributed by atoms with Crippen molar-refractivity contribution in [1.82, 2.24) is 15.0 Å². The van der Waals surface area contributed by atoms with Crippen molar-refractivity contribution in [2.75, 3.05) is 0 Å². The highest BCUT2D eigenvalue weighted by molar-refractivity contribution is 5.77. The minimum Gasteiger partial charge on any atom is -0.459 e. The molecule has 0 saturated heterocycles. The molecule has 1 atom stereocenters. The molecule has 0 bridgehead atoms. The van der Waals surface area contributed by atoms with Crippen molar-refractivity contribution in [3.63, 3.8) is 0 Å². The maximum Gasteiger partial charge on any atom is 0.315 e. The van der Waals surface area contributed by atoms with Crippen molar-refractivity contribution in [2.24, 2.45) is 0 Å². The number of aromatic nitrogens is 3. The van der Waals surface area contributed by atoms with Crippen molar-refractivity contribution in [3.8, 4) is 0 Å². The predicted molar refractivity (Wildman–Crippen MR) is 64.6 cm³/mol. The average molecular weight is 239 g/mol. The van der Waals surface area contributed by atoms with Gasteiger partial charge in [-0.2, -0.15) is 0 Å². The number of esters is 1. The summed E-state index contributed by atoms with van der Waals surface area (Å²) in [6.07, 6.45) is 2.58. The number of rotatable bonds is 4. The maximum absolute atomic E-state index is 11.9. The van der Waals surface area contributed by atoms with Crippen molar-refractivity contribution in [1.29, 1.82) is 0 Å². The Kier molecular flexibility index (Phi) is 4.26. The normalized spacial score (nSPS) is 13.5. The molecule has 0 radical (unpaired) electrons. The molecule has 0 fully saturated rings. The molecule has 0 amide bonds. The Bertz CT molecular complexity index is 379. The van der Waals surface area contributed by atoms with Crippen LogP contribution in [0.4, 0.5) is 0 Å². The second kappa shape index (κ2) is 5.29. The molecule has 1 rings (SSSR count). The van der Waals surface area contributed by atoms with Gasteiger partial charge in [-0.25, -0.2) is 4.68 Å². The third-order valence-corrected chi connectivity index (χ3v) is 2.29. The number of hydrogen-bond donors (Lipinski definition) is 0. The molecule has 0 aromatic carbocycles. The van der Waals surface area contributed by atoms with Gasteiger partial charge in [0.15, 0.2) is 0 Å². The third-order valence-electron chi connectivity index (χ3n) is 2.29. The highest BCUT2D eigenvalue weighted by atomic mass is 16.6. The number of carbonyl (C=O) groups is 1. The van der Waals surface area contributed by atoms with E-state index in [0.717, 1.165) is 18.7 Å². The van der Waals surface area contributed by atoms with Crippen molar-refractivity contribution in [3.05, 3.63) is 11.9 Å². The van der Waals surface area contributed by atoms with Gasteiger partial charge in [-0.3, -0.25) is 4.79 Å². The van der Waals surface area contributed by atoms with Crippen LogP contribution in [0.25, 0.3) is 0 Å². The Balaban J connectivity index is 2.78. The summed E-state index contributed by atoms with van der Waals surface area (Å²) in [7, 11) is 0. The van der Waals surface area contributed by atoms with Crippen LogP contribution in [0.1, 0.15) is 52.7 Å². The van der Waals surface area contributed by atoms with E-state index in [0.29, 0.717) is 0 Å². The number of carbonyl (C=O) groups excluding carboxylic acids is 1. The highest BCUT2D eigenvalue weighted by Crippen LogP contribution is 2.19. The number of hydrogen-bond acceptors (Lipinski definition) is 4. The summed E-state index contributed by atoms with van der Waals surface area (Å²) in [5, 5.41) is 7.81. The summed E-state index contributed by atoms with van der Waals surface area (Å²) in [6, 6.07) is 0. The fourth-order valence-corrected chi connectivity index (χ4v) is 1.50. The van der Waals surface area contributed by atoms with E-state index in [-0.39, 0.29) is 11.9 Å². The molecule has 5 heteroatoms. The first-order valence-corrected chi connectivity index (χ1v) is 5.96. The Morgan fingerprint density at radius 3 is 2.71 bits per heavy atom. The molecule has 1 aromatic heterocycles. The van der Waals surface area contributed by atoms with Gasteiger partial charge >= 0.3 is 5.97 Å². The van der Waals surface area contributed by atoms with E-state index >= 15 is 0 Å². The lowest BCUT2D eigenvalue weighted by Crippen LogP contribution is -2.27. The van der Waals surface area contributed by atoms with Gasteiger partial charge in [0, 0.05) is 6.54 Å². The van der Waals surface area contributed by atoms with Crippen molar-refractivity contribution < 1.29 is 9.53 Å². The summed E-state index contributed by atoms with van der Waals surface area (Å²) in [5.41, 5.74) is 0.343. The van der Waals surface area contributed by atoms with Gasteiger partial charge in [-0.1, -0.05) is 12.1 Å². The van der Waals surface area contributed by atoms with Gasteiger partial charge in [0.2, 0.25) is 0 Å². The first-order chi connectivity index (χ1) is 7.85. The largest absolute Gasteiger partial charge is 0.459 e. The summed E-state index contributed by atoms with van der Waals surface area (Å²) < 4.78 is 7.11. The quantitative estimate of drug-likeness (QED) is 0.755. The third kappa shape index (κ3) is 3.84. The molecule has 96 valence electrons. The Morgan fingerprint density at radius 2 is 2.18 bits per heavy atom. The lowest BCUT2D eigenvalue weighted by atomic mass is 10.1. The van der Waals surface area contributed by atoms with E-state index in [1.807, 2.05) is 27.7 Å². The second-order valence-electron chi connectivity index (χ2n) is 5.14. The van der Waals surface area contributed by atoms with E-state index in [1.165, 1.54) is 0 Å². The first kappa shape index (κ1) is 13.7.